The van der Waals surface area contributed by atoms with E-state index in [1.807, 2.05) is 27.7 Å². The number of halogens is 1. The minimum Gasteiger partial charge on any atom is -0.451 e. The summed E-state index contributed by atoms with van der Waals surface area (Å²) >= 11 is 0. The van der Waals surface area contributed by atoms with Crippen molar-refractivity contribution in [2.24, 2.45) is 23.2 Å². The first-order valence-corrected chi connectivity index (χ1v) is 17.5. The van der Waals surface area contributed by atoms with E-state index in [0.29, 0.717) is 29.4 Å². The van der Waals surface area contributed by atoms with Crippen molar-refractivity contribution in [2.75, 3.05) is 31.1 Å². The van der Waals surface area contributed by atoms with Crippen LogP contribution < -0.4 is 15.0 Å². The van der Waals surface area contributed by atoms with Crippen LogP contribution in [-0.4, -0.2) is 81.9 Å². The molecule has 6 aliphatic rings. The molecule has 2 amide bonds. The molecule has 2 saturated carbocycles. The van der Waals surface area contributed by atoms with Gasteiger partial charge in [-0.25, -0.2) is 14.4 Å². The fraction of sp³-hybridized carbons (Fsp3) is 0.667. The van der Waals surface area contributed by atoms with E-state index in [-0.39, 0.29) is 40.8 Å². The Hall–Kier alpha value is -3.27. The molecule has 4 aliphatic heterocycles. The number of amides is 2. The number of aromatic nitrogens is 2. The maximum atomic E-state index is 14.4. The molecule has 248 valence electrons. The number of nitrogens with one attached hydrogen (secondary N) is 1. The summed E-state index contributed by atoms with van der Waals surface area (Å²) in [7, 11) is 0. The minimum absolute atomic E-state index is 0.00161. The van der Waals surface area contributed by atoms with Crippen molar-refractivity contribution in [3.8, 4) is 11.5 Å². The van der Waals surface area contributed by atoms with E-state index in [4.69, 9.17) is 4.74 Å². The van der Waals surface area contributed by atoms with Gasteiger partial charge in [0.2, 0.25) is 5.91 Å². The van der Waals surface area contributed by atoms with Crippen LogP contribution in [0.5, 0.6) is 11.5 Å². The molecule has 9 nitrogen and oxygen atoms in total. The predicted octanol–water partition coefficient (Wildman–Crippen LogP) is 5.65. The summed E-state index contributed by atoms with van der Waals surface area (Å²) in [5, 5.41) is 3.80. The second-order valence-electron chi connectivity index (χ2n) is 15.3. The molecular formula is C36H49FN6O3. The summed E-state index contributed by atoms with van der Waals surface area (Å²) in [6.07, 6.45) is 12.9. The lowest BCUT2D eigenvalue weighted by molar-refractivity contribution is -0.140. The van der Waals surface area contributed by atoms with Gasteiger partial charge in [0.25, 0.3) is 5.91 Å². The van der Waals surface area contributed by atoms with E-state index in [9.17, 15) is 14.0 Å². The van der Waals surface area contributed by atoms with Crippen molar-refractivity contribution in [3.05, 3.63) is 42.1 Å². The molecule has 1 aromatic heterocycles. The van der Waals surface area contributed by atoms with Crippen LogP contribution in [0.3, 0.4) is 0 Å². The average Bonchev–Trinajstić information content (AvgIpc) is 3.85. The van der Waals surface area contributed by atoms with Gasteiger partial charge in [0.15, 0.2) is 11.6 Å². The van der Waals surface area contributed by atoms with E-state index < -0.39 is 5.82 Å². The zero-order valence-electron chi connectivity index (χ0n) is 27.8. The molecule has 2 bridgehead atoms. The van der Waals surface area contributed by atoms with E-state index in [1.54, 1.807) is 11.1 Å². The van der Waals surface area contributed by atoms with Crippen molar-refractivity contribution < 1.29 is 18.7 Å². The number of piperidine rings is 3. The normalized spacial score (nSPS) is 26.8. The Balaban J connectivity index is 0.979. The van der Waals surface area contributed by atoms with Gasteiger partial charge in [-0.05, 0) is 102 Å². The van der Waals surface area contributed by atoms with Gasteiger partial charge in [0, 0.05) is 49.7 Å². The quantitative estimate of drug-likeness (QED) is 0.382. The van der Waals surface area contributed by atoms with E-state index in [1.165, 1.54) is 63.1 Å². The number of hydrogen-bond donors (Lipinski definition) is 1. The summed E-state index contributed by atoms with van der Waals surface area (Å²) in [4.78, 5) is 42.0. The van der Waals surface area contributed by atoms with Crippen molar-refractivity contribution in [1.82, 2.24) is 25.1 Å². The Labute approximate surface area is 272 Å². The molecular weight excluding hydrogens is 583 g/mol. The topological polar surface area (TPSA) is 90.9 Å². The van der Waals surface area contributed by atoms with Gasteiger partial charge in [-0.1, -0.05) is 12.8 Å². The SMILES string of the molecule is CC(C)N(C(=O)c1cc(F)ccc1Oc1cncnc1N1CC2(CCN(C(=O)[C@H]3NC4CC[C@@H]3C[C@H]4CC3CC3)CC2)C1)C(C)C. The monoisotopic (exact) mass is 632 g/mol. The third-order valence-electron chi connectivity index (χ3n) is 11.4. The minimum atomic E-state index is -0.494. The summed E-state index contributed by atoms with van der Waals surface area (Å²) in [5.74, 6) is 3.11. The number of nitrogens with zero attached hydrogens (tertiary/aromatic N) is 5. The van der Waals surface area contributed by atoms with Gasteiger partial charge in [0.1, 0.15) is 17.9 Å². The number of likely N-dealkylation sites (tertiary alicyclic amines) is 1. The highest BCUT2D eigenvalue weighted by molar-refractivity contribution is 5.97. The summed E-state index contributed by atoms with van der Waals surface area (Å²) in [5.41, 5.74) is 0.313. The van der Waals surface area contributed by atoms with Crippen molar-refractivity contribution in [2.45, 2.75) is 103 Å². The Morgan fingerprint density at radius 1 is 1.07 bits per heavy atom. The fourth-order valence-corrected chi connectivity index (χ4v) is 8.83. The Bertz CT molecular complexity index is 1440. The van der Waals surface area contributed by atoms with Gasteiger partial charge < -0.3 is 24.8 Å². The van der Waals surface area contributed by atoms with Gasteiger partial charge in [0.05, 0.1) is 17.8 Å². The van der Waals surface area contributed by atoms with Crippen LogP contribution in [0.2, 0.25) is 0 Å². The van der Waals surface area contributed by atoms with Gasteiger partial charge in [-0.3, -0.25) is 9.59 Å². The highest BCUT2D eigenvalue weighted by Crippen LogP contribution is 2.47. The third-order valence-corrected chi connectivity index (χ3v) is 11.4. The smallest absolute Gasteiger partial charge is 0.258 e. The van der Waals surface area contributed by atoms with E-state index in [0.717, 1.165) is 50.9 Å². The Morgan fingerprint density at radius 3 is 2.46 bits per heavy atom. The molecule has 8 rings (SSSR count). The third kappa shape index (κ3) is 6.09. The van der Waals surface area contributed by atoms with Gasteiger partial charge in [-0.2, -0.15) is 0 Å². The molecule has 5 heterocycles. The highest BCUT2D eigenvalue weighted by atomic mass is 19.1. The van der Waals surface area contributed by atoms with Gasteiger partial charge in [-0.15, -0.1) is 0 Å². The van der Waals surface area contributed by atoms with Crippen LogP contribution in [0.25, 0.3) is 0 Å². The first-order chi connectivity index (χ1) is 22.1. The lowest BCUT2D eigenvalue weighted by Gasteiger charge is -2.55. The maximum absolute atomic E-state index is 14.4. The summed E-state index contributed by atoms with van der Waals surface area (Å²) in [6, 6.07) is 4.45. The zero-order valence-corrected chi connectivity index (χ0v) is 27.8. The Kier molecular flexibility index (Phi) is 8.44. The second kappa shape index (κ2) is 12.4. The highest BCUT2D eigenvalue weighted by Gasteiger charge is 2.50. The number of ether oxygens (including phenoxy) is 1. The van der Waals surface area contributed by atoms with E-state index in [2.05, 4.69) is 25.1 Å². The maximum Gasteiger partial charge on any atom is 0.258 e. The molecule has 1 spiro atoms. The van der Waals surface area contributed by atoms with Gasteiger partial charge >= 0.3 is 0 Å². The summed E-state index contributed by atoms with van der Waals surface area (Å²) < 4.78 is 20.7. The molecule has 1 N–H and O–H groups in total. The molecule has 1 unspecified atom stereocenters. The zero-order chi connectivity index (χ0) is 32.2. The number of rotatable bonds is 9. The molecule has 10 heteroatoms. The largest absolute Gasteiger partial charge is 0.451 e. The molecule has 1 aromatic carbocycles. The van der Waals surface area contributed by atoms with Crippen LogP contribution in [0.4, 0.5) is 10.2 Å². The number of anilines is 1. The number of fused-ring (bicyclic) bond motifs is 3. The molecule has 6 fully saturated rings. The second-order valence-corrected chi connectivity index (χ2v) is 15.3. The number of carbonyl (C=O) groups is 2. The first kappa shape index (κ1) is 31.3. The van der Waals surface area contributed by atoms with Crippen LogP contribution in [0.1, 0.15) is 89.4 Å². The van der Waals surface area contributed by atoms with Crippen molar-refractivity contribution in [3.63, 3.8) is 0 Å². The lowest BCUT2D eigenvalue weighted by Crippen LogP contribution is -2.65. The molecule has 2 aliphatic carbocycles. The van der Waals surface area contributed by atoms with Crippen molar-refractivity contribution >= 4 is 17.6 Å². The van der Waals surface area contributed by atoms with Crippen LogP contribution in [0.15, 0.2) is 30.7 Å². The molecule has 4 atom stereocenters. The van der Waals surface area contributed by atoms with Crippen molar-refractivity contribution in [1.29, 1.82) is 0 Å². The molecule has 0 radical (unpaired) electrons. The Morgan fingerprint density at radius 2 is 1.80 bits per heavy atom. The van der Waals surface area contributed by atoms with E-state index >= 15 is 0 Å². The van der Waals surface area contributed by atoms with Crippen LogP contribution in [0, 0.1) is 29.0 Å². The predicted molar refractivity (Wildman–Crippen MR) is 174 cm³/mol. The average molecular weight is 633 g/mol. The summed E-state index contributed by atoms with van der Waals surface area (Å²) in [6.45, 7) is 11.0. The molecule has 2 aromatic rings. The molecule has 4 saturated heterocycles. The fourth-order valence-electron chi connectivity index (χ4n) is 8.83. The number of benzene rings is 1. The standard InChI is InChI=1S/C36H49FN6O3/c1-22(2)43(23(3)4)34(44)28-17-27(37)8-10-30(28)46-31-18-38-21-39-33(31)42-19-36(20-42)11-13-41(14-12-36)35(45)32-25-7-9-29(40-32)26(16-25)15-24-5-6-24/h8,10,17-18,21-26,29,32,40H,5-7,9,11-16,19-20H2,1-4H3/t25-,26-,29?,32+/m1/s1. The molecule has 46 heavy (non-hydrogen) atoms. The van der Waals surface area contributed by atoms with Crippen LogP contribution >= 0.6 is 0 Å². The van der Waals surface area contributed by atoms with Crippen LogP contribution in [-0.2, 0) is 4.79 Å². The number of hydrogen-bond acceptors (Lipinski definition) is 7. The first-order valence-electron chi connectivity index (χ1n) is 17.5. The number of carbonyl (C=O) groups excluding carboxylic acids is 2. The lowest BCUT2D eigenvalue weighted by atomic mass is 9.68.